The maximum absolute atomic E-state index is 4.43. The van der Waals surface area contributed by atoms with Gasteiger partial charge in [-0.3, -0.25) is 0 Å². The Morgan fingerprint density at radius 1 is 0.944 bits per heavy atom. The van der Waals surface area contributed by atoms with Crippen LogP contribution in [0.25, 0.3) is 17.1 Å². The van der Waals surface area contributed by atoms with Gasteiger partial charge in [0, 0.05) is 3.57 Å². The highest BCUT2D eigenvalue weighted by Crippen LogP contribution is 2.11. The summed E-state index contributed by atoms with van der Waals surface area (Å²) in [5, 5.41) is 11.5. The van der Waals surface area contributed by atoms with Crippen LogP contribution in [0.4, 0.5) is 0 Å². The quantitative estimate of drug-likeness (QED) is 0.570. The molecule has 0 aliphatic rings. The lowest BCUT2D eigenvalue weighted by Gasteiger charge is -1.91. The molecular formula is C13H10IN4+. The van der Waals surface area contributed by atoms with Crippen molar-refractivity contribution in [3.63, 3.8) is 0 Å². The number of H-pyrrole nitrogens is 1. The maximum atomic E-state index is 4.43. The van der Waals surface area contributed by atoms with Gasteiger partial charge >= 0.3 is 5.82 Å². The molecule has 0 fully saturated rings. The molecule has 1 aromatic heterocycles. The van der Waals surface area contributed by atoms with Crippen molar-refractivity contribution >= 4 is 22.6 Å². The van der Waals surface area contributed by atoms with Crippen LogP contribution in [0, 0.1) is 3.57 Å². The van der Waals surface area contributed by atoms with E-state index < -0.39 is 0 Å². The molecular weight excluding hydrogens is 339 g/mol. The molecule has 1 N–H and O–H groups in total. The van der Waals surface area contributed by atoms with Gasteiger partial charge in [0.1, 0.15) is 0 Å². The lowest BCUT2D eigenvalue weighted by atomic mass is 10.2. The molecule has 18 heavy (non-hydrogen) atoms. The summed E-state index contributed by atoms with van der Waals surface area (Å²) in [6.07, 6.45) is 0. The Kier molecular flexibility index (Phi) is 3.06. The minimum Gasteiger partial charge on any atom is -0.0622 e. The number of nitrogens with one attached hydrogen (secondary N) is 1. The van der Waals surface area contributed by atoms with Crippen LogP contribution >= 0.6 is 22.6 Å². The molecule has 3 rings (SSSR count). The van der Waals surface area contributed by atoms with Crippen molar-refractivity contribution in [3.8, 4) is 17.1 Å². The average Bonchev–Trinajstić information content (AvgIpc) is 2.90. The largest absolute Gasteiger partial charge is 0.339 e. The molecule has 0 aliphatic carbocycles. The second-order valence-electron chi connectivity index (χ2n) is 3.79. The zero-order valence-corrected chi connectivity index (χ0v) is 11.6. The lowest BCUT2D eigenvalue weighted by molar-refractivity contribution is -0.716. The van der Waals surface area contributed by atoms with Gasteiger partial charge in [0.15, 0.2) is 5.69 Å². The number of nitrogens with zero attached hydrogens (tertiary/aromatic N) is 3. The Bertz CT molecular complexity index is 646. The predicted octanol–water partition coefficient (Wildman–Crippen LogP) is 2.35. The summed E-state index contributed by atoms with van der Waals surface area (Å²) < 4.78 is 1.19. The summed E-state index contributed by atoms with van der Waals surface area (Å²) in [6.45, 7) is 0. The first-order valence-electron chi connectivity index (χ1n) is 5.49. The van der Waals surface area contributed by atoms with Crippen LogP contribution in [-0.2, 0) is 0 Å². The SMILES string of the molecule is Ic1ccc(-[n+]2nc(-c3ccccc3)n[nH]2)cc1. The monoisotopic (exact) mass is 349 g/mol. The Hall–Kier alpha value is -1.76. The molecule has 0 saturated carbocycles. The van der Waals surface area contributed by atoms with E-state index in [9.17, 15) is 0 Å². The van der Waals surface area contributed by atoms with Gasteiger partial charge in [-0.15, -0.1) is 0 Å². The summed E-state index contributed by atoms with van der Waals surface area (Å²) >= 11 is 2.27. The molecule has 3 aromatic rings. The molecule has 5 heteroatoms. The van der Waals surface area contributed by atoms with E-state index in [1.54, 1.807) is 4.80 Å². The van der Waals surface area contributed by atoms with Crippen LogP contribution in [0.1, 0.15) is 0 Å². The van der Waals surface area contributed by atoms with Crippen LogP contribution in [0.3, 0.4) is 0 Å². The molecule has 0 spiro atoms. The van der Waals surface area contributed by atoms with Crippen LogP contribution in [0.5, 0.6) is 0 Å². The molecule has 0 aliphatic heterocycles. The number of aromatic nitrogens is 4. The van der Waals surface area contributed by atoms with Crippen molar-refractivity contribution < 1.29 is 4.80 Å². The third-order valence-corrected chi connectivity index (χ3v) is 3.27. The summed E-state index contributed by atoms with van der Waals surface area (Å²) in [5.74, 6) is 0.689. The van der Waals surface area contributed by atoms with E-state index in [2.05, 4.69) is 38.0 Å². The maximum Gasteiger partial charge on any atom is 0.339 e. The topological polar surface area (TPSA) is 45.5 Å². The van der Waals surface area contributed by atoms with Gasteiger partial charge in [-0.25, -0.2) is 0 Å². The Labute approximate surface area is 118 Å². The van der Waals surface area contributed by atoms with Crippen molar-refractivity contribution in [2.45, 2.75) is 0 Å². The fraction of sp³-hybridized carbons (Fsp3) is 0. The third kappa shape index (κ3) is 2.26. The highest BCUT2D eigenvalue weighted by atomic mass is 127. The van der Waals surface area contributed by atoms with Gasteiger partial charge in [0.05, 0.1) is 10.7 Å². The number of tetrazole rings is 1. The fourth-order valence-electron chi connectivity index (χ4n) is 1.64. The van der Waals surface area contributed by atoms with Gasteiger partial charge in [-0.05, 0) is 74.1 Å². The summed E-state index contributed by atoms with van der Waals surface area (Å²) in [4.78, 5) is 1.67. The molecule has 0 bridgehead atoms. The number of halogens is 1. The van der Waals surface area contributed by atoms with Crippen LogP contribution < -0.4 is 4.80 Å². The van der Waals surface area contributed by atoms with Crippen molar-refractivity contribution in [2.75, 3.05) is 0 Å². The van der Waals surface area contributed by atoms with Gasteiger partial charge < -0.3 is 0 Å². The number of benzene rings is 2. The van der Waals surface area contributed by atoms with E-state index in [1.807, 2.05) is 54.6 Å². The third-order valence-electron chi connectivity index (χ3n) is 2.55. The summed E-state index contributed by atoms with van der Waals surface area (Å²) in [7, 11) is 0. The molecule has 0 unspecified atom stereocenters. The number of rotatable bonds is 2. The Balaban J connectivity index is 1.97. The molecule has 0 saturated heterocycles. The number of hydrogen-bond acceptors (Lipinski definition) is 2. The second kappa shape index (κ2) is 4.85. The first-order chi connectivity index (χ1) is 8.83. The molecule has 1 heterocycles. The summed E-state index contributed by atoms with van der Waals surface area (Å²) in [6, 6.07) is 18.0. The van der Waals surface area contributed by atoms with E-state index in [0.717, 1.165) is 11.3 Å². The molecule has 2 aromatic carbocycles. The standard InChI is InChI=1S/C13H9IN4/c14-11-6-8-12(9-7-11)18-16-13(15-17-18)10-4-2-1-3-5-10/h1-9H/p+1. The van der Waals surface area contributed by atoms with E-state index >= 15 is 0 Å². The highest BCUT2D eigenvalue weighted by Gasteiger charge is 2.14. The van der Waals surface area contributed by atoms with Crippen LogP contribution in [-0.4, -0.2) is 15.4 Å². The Morgan fingerprint density at radius 2 is 1.67 bits per heavy atom. The molecule has 88 valence electrons. The second-order valence-corrected chi connectivity index (χ2v) is 5.04. The molecule has 0 radical (unpaired) electrons. The zero-order valence-electron chi connectivity index (χ0n) is 9.42. The lowest BCUT2D eigenvalue weighted by Crippen LogP contribution is -2.36. The minimum atomic E-state index is 0.689. The summed E-state index contributed by atoms with van der Waals surface area (Å²) in [5.41, 5.74) is 1.96. The van der Waals surface area contributed by atoms with Crippen molar-refractivity contribution in [3.05, 3.63) is 58.2 Å². The van der Waals surface area contributed by atoms with Crippen molar-refractivity contribution in [2.24, 2.45) is 0 Å². The zero-order chi connectivity index (χ0) is 12.4. The molecule has 0 amide bonds. The number of aromatic amines is 1. The number of hydrogen-bond donors (Lipinski definition) is 1. The molecule has 0 atom stereocenters. The van der Waals surface area contributed by atoms with Crippen molar-refractivity contribution in [1.82, 2.24) is 15.4 Å². The Morgan fingerprint density at radius 3 is 2.39 bits per heavy atom. The first kappa shape index (κ1) is 11.3. The van der Waals surface area contributed by atoms with E-state index in [4.69, 9.17) is 0 Å². The van der Waals surface area contributed by atoms with Crippen molar-refractivity contribution in [1.29, 1.82) is 0 Å². The van der Waals surface area contributed by atoms with Gasteiger partial charge in [-0.1, -0.05) is 18.2 Å². The van der Waals surface area contributed by atoms with Crippen LogP contribution in [0.15, 0.2) is 54.6 Å². The fourth-order valence-corrected chi connectivity index (χ4v) is 2.00. The highest BCUT2D eigenvalue weighted by molar-refractivity contribution is 14.1. The van der Waals surface area contributed by atoms with E-state index in [1.165, 1.54) is 3.57 Å². The van der Waals surface area contributed by atoms with Gasteiger partial charge in [-0.2, -0.15) is 0 Å². The minimum absolute atomic E-state index is 0.689. The first-order valence-corrected chi connectivity index (χ1v) is 6.57. The van der Waals surface area contributed by atoms with Gasteiger partial charge in [0.2, 0.25) is 0 Å². The average molecular weight is 349 g/mol. The van der Waals surface area contributed by atoms with E-state index in [-0.39, 0.29) is 0 Å². The van der Waals surface area contributed by atoms with E-state index in [0.29, 0.717) is 5.82 Å². The van der Waals surface area contributed by atoms with Crippen LogP contribution in [0.2, 0.25) is 0 Å². The normalized spacial score (nSPS) is 10.5. The molecule has 4 nitrogen and oxygen atoms in total. The smallest absolute Gasteiger partial charge is 0.0622 e. The van der Waals surface area contributed by atoms with Gasteiger partial charge in [0.25, 0.3) is 0 Å². The predicted molar refractivity (Wildman–Crippen MR) is 76.1 cm³/mol.